The molecular weight excluding hydrogens is 353 g/mol. The predicted molar refractivity (Wildman–Crippen MR) is 95.8 cm³/mol. The second-order valence-electron chi connectivity index (χ2n) is 6.04. The summed E-state index contributed by atoms with van der Waals surface area (Å²) in [6.45, 7) is 0. The van der Waals surface area contributed by atoms with Crippen molar-refractivity contribution < 1.29 is 18.0 Å². The van der Waals surface area contributed by atoms with Gasteiger partial charge in [-0.3, -0.25) is 9.78 Å². The predicted octanol–water partition coefficient (Wildman–Crippen LogP) is 4.55. The zero-order valence-electron chi connectivity index (χ0n) is 14.3. The number of nitrogens with zero attached hydrogens (tertiary/aromatic N) is 1. The summed E-state index contributed by atoms with van der Waals surface area (Å²) < 4.78 is 38.5. The molecule has 138 valence electrons. The zero-order chi connectivity index (χ0) is 19.3. The highest BCUT2D eigenvalue weighted by atomic mass is 19.4. The number of carbonyl (C=O) groups is 1. The Balaban J connectivity index is 1.80. The van der Waals surface area contributed by atoms with Crippen molar-refractivity contribution in [2.75, 3.05) is 0 Å². The molecule has 1 aromatic heterocycles. The minimum atomic E-state index is -4.44. The van der Waals surface area contributed by atoms with E-state index in [-0.39, 0.29) is 12.3 Å². The third-order valence-electron chi connectivity index (χ3n) is 4.04. The van der Waals surface area contributed by atoms with Crippen molar-refractivity contribution in [1.29, 1.82) is 0 Å². The molecule has 0 spiro atoms. The molecule has 2 aromatic carbocycles. The lowest BCUT2D eigenvalue weighted by atomic mass is 10.0. The Hall–Kier alpha value is -3.15. The molecule has 3 nitrogen and oxygen atoms in total. The highest BCUT2D eigenvalue weighted by Gasteiger charge is 2.30. The van der Waals surface area contributed by atoms with Crippen LogP contribution in [0.4, 0.5) is 13.2 Å². The zero-order valence-corrected chi connectivity index (χ0v) is 14.3. The number of amides is 1. The average molecular weight is 370 g/mol. The van der Waals surface area contributed by atoms with E-state index >= 15 is 0 Å². The molecule has 6 heteroatoms. The Morgan fingerprint density at radius 3 is 2.37 bits per heavy atom. The van der Waals surface area contributed by atoms with Gasteiger partial charge in [-0.05, 0) is 29.3 Å². The fraction of sp³-hybridized carbons (Fsp3) is 0.143. The maximum atomic E-state index is 12.8. The molecule has 0 aliphatic rings. The van der Waals surface area contributed by atoms with Gasteiger partial charge < -0.3 is 5.32 Å². The van der Waals surface area contributed by atoms with Crippen molar-refractivity contribution in [2.45, 2.75) is 18.6 Å². The monoisotopic (exact) mass is 370 g/mol. The number of hydrogen-bond donors (Lipinski definition) is 1. The molecule has 3 rings (SSSR count). The van der Waals surface area contributed by atoms with Crippen LogP contribution in [-0.2, 0) is 17.4 Å². The van der Waals surface area contributed by atoms with E-state index in [0.29, 0.717) is 11.3 Å². The normalized spacial score (nSPS) is 12.4. The van der Waals surface area contributed by atoms with Gasteiger partial charge in [-0.25, -0.2) is 0 Å². The highest BCUT2D eigenvalue weighted by molar-refractivity contribution is 5.79. The SMILES string of the molecule is O=C(Cc1cccc(C(F)(F)F)c1)NC(c1ccccc1)c1ccccn1. The van der Waals surface area contributed by atoms with Gasteiger partial charge in [-0.2, -0.15) is 13.2 Å². The van der Waals surface area contributed by atoms with E-state index in [0.717, 1.165) is 17.7 Å². The minimum absolute atomic E-state index is 0.153. The first-order chi connectivity index (χ1) is 12.9. The van der Waals surface area contributed by atoms with Crippen LogP contribution < -0.4 is 5.32 Å². The Morgan fingerprint density at radius 2 is 1.70 bits per heavy atom. The summed E-state index contributed by atoms with van der Waals surface area (Å²) in [6, 6.07) is 19.0. The molecular formula is C21H17F3N2O. The molecule has 0 aliphatic carbocycles. The maximum Gasteiger partial charge on any atom is 0.416 e. The molecule has 1 heterocycles. The first-order valence-electron chi connectivity index (χ1n) is 8.35. The first kappa shape index (κ1) is 18.6. The molecule has 1 atom stereocenters. The van der Waals surface area contributed by atoms with Gasteiger partial charge in [-0.1, -0.05) is 54.6 Å². The number of benzene rings is 2. The number of carbonyl (C=O) groups excluding carboxylic acids is 1. The molecule has 0 fully saturated rings. The molecule has 0 aliphatic heterocycles. The van der Waals surface area contributed by atoms with Crippen LogP contribution in [0, 0.1) is 0 Å². The van der Waals surface area contributed by atoms with Crippen LogP contribution in [0.1, 0.15) is 28.4 Å². The van der Waals surface area contributed by atoms with Crippen LogP contribution in [0.2, 0.25) is 0 Å². The Bertz CT molecular complexity index is 857. The molecule has 27 heavy (non-hydrogen) atoms. The van der Waals surface area contributed by atoms with E-state index in [9.17, 15) is 18.0 Å². The summed E-state index contributed by atoms with van der Waals surface area (Å²) in [5, 5.41) is 2.87. The van der Waals surface area contributed by atoms with Crippen LogP contribution in [0.5, 0.6) is 0 Å². The van der Waals surface area contributed by atoms with Gasteiger partial charge in [0.25, 0.3) is 0 Å². The second-order valence-corrected chi connectivity index (χ2v) is 6.04. The Labute approximate surface area is 154 Å². The standard InChI is InChI=1S/C21H17F3N2O/c22-21(23,24)17-10-6-7-15(13-17)14-19(27)26-20(16-8-2-1-3-9-16)18-11-4-5-12-25-18/h1-13,20H,14H2,(H,26,27). The number of aromatic nitrogens is 1. The molecule has 0 saturated carbocycles. The highest BCUT2D eigenvalue weighted by Crippen LogP contribution is 2.29. The fourth-order valence-electron chi connectivity index (χ4n) is 2.78. The summed E-state index contributed by atoms with van der Waals surface area (Å²) in [5.74, 6) is -0.381. The summed E-state index contributed by atoms with van der Waals surface area (Å²) in [5.41, 5.74) is 1.03. The summed E-state index contributed by atoms with van der Waals surface area (Å²) in [4.78, 5) is 16.8. The van der Waals surface area contributed by atoms with Gasteiger partial charge in [0.1, 0.15) is 0 Å². The van der Waals surface area contributed by atoms with Gasteiger partial charge in [0.05, 0.1) is 23.7 Å². The van der Waals surface area contributed by atoms with Crippen molar-refractivity contribution in [3.05, 3.63) is 101 Å². The first-order valence-corrected chi connectivity index (χ1v) is 8.35. The van der Waals surface area contributed by atoms with Gasteiger partial charge in [-0.15, -0.1) is 0 Å². The smallest absolute Gasteiger partial charge is 0.343 e. The van der Waals surface area contributed by atoms with Crippen molar-refractivity contribution >= 4 is 5.91 Å². The third kappa shape index (κ3) is 4.94. The topological polar surface area (TPSA) is 42.0 Å². The minimum Gasteiger partial charge on any atom is -0.343 e. The van der Waals surface area contributed by atoms with Crippen LogP contribution >= 0.6 is 0 Å². The number of rotatable bonds is 5. The number of pyridine rings is 1. The van der Waals surface area contributed by atoms with E-state index in [2.05, 4.69) is 10.3 Å². The second kappa shape index (κ2) is 8.03. The molecule has 0 radical (unpaired) electrons. The summed E-state index contributed by atoms with van der Waals surface area (Å²) in [6.07, 6.45) is -2.96. The van der Waals surface area contributed by atoms with Crippen LogP contribution in [0.15, 0.2) is 79.0 Å². The molecule has 0 saturated heterocycles. The number of alkyl halides is 3. The number of hydrogen-bond acceptors (Lipinski definition) is 2. The van der Waals surface area contributed by atoms with E-state index in [1.165, 1.54) is 12.1 Å². The van der Waals surface area contributed by atoms with E-state index in [1.807, 2.05) is 36.4 Å². The lowest BCUT2D eigenvalue weighted by molar-refractivity contribution is -0.137. The van der Waals surface area contributed by atoms with Crippen molar-refractivity contribution in [3.63, 3.8) is 0 Å². The lowest BCUT2D eigenvalue weighted by Gasteiger charge is -2.19. The lowest BCUT2D eigenvalue weighted by Crippen LogP contribution is -2.31. The quantitative estimate of drug-likeness (QED) is 0.716. The van der Waals surface area contributed by atoms with E-state index in [1.54, 1.807) is 18.3 Å². The van der Waals surface area contributed by atoms with Gasteiger partial charge >= 0.3 is 6.18 Å². The Morgan fingerprint density at radius 1 is 0.963 bits per heavy atom. The van der Waals surface area contributed by atoms with Crippen molar-refractivity contribution in [3.8, 4) is 0 Å². The van der Waals surface area contributed by atoms with Gasteiger partial charge in [0.15, 0.2) is 0 Å². The molecule has 3 aromatic rings. The summed E-state index contributed by atoms with van der Waals surface area (Å²) >= 11 is 0. The fourth-order valence-corrected chi connectivity index (χ4v) is 2.78. The molecule has 1 N–H and O–H groups in total. The van der Waals surface area contributed by atoms with Gasteiger partial charge in [0.2, 0.25) is 5.91 Å². The third-order valence-corrected chi connectivity index (χ3v) is 4.04. The number of halogens is 3. The van der Waals surface area contributed by atoms with E-state index < -0.39 is 17.8 Å². The average Bonchev–Trinajstić information content (AvgIpc) is 2.67. The largest absolute Gasteiger partial charge is 0.416 e. The molecule has 1 amide bonds. The van der Waals surface area contributed by atoms with Gasteiger partial charge in [0, 0.05) is 6.20 Å². The maximum absolute atomic E-state index is 12.8. The van der Waals surface area contributed by atoms with Crippen LogP contribution in [0.3, 0.4) is 0 Å². The van der Waals surface area contributed by atoms with Crippen molar-refractivity contribution in [2.24, 2.45) is 0 Å². The van der Waals surface area contributed by atoms with Crippen LogP contribution in [-0.4, -0.2) is 10.9 Å². The molecule has 1 unspecified atom stereocenters. The molecule has 0 bridgehead atoms. The Kier molecular flexibility index (Phi) is 5.54. The van der Waals surface area contributed by atoms with Crippen LogP contribution in [0.25, 0.3) is 0 Å². The number of nitrogens with one attached hydrogen (secondary N) is 1. The van der Waals surface area contributed by atoms with Crippen molar-refractivity contribution in [1.82, 2.24) is 10.3 Å². The summed E-state index contributed by atoms with van der Waals surface area (Å²) in [7, 11) is 0. The van der Waals surface area contributed by atoms with E-state index in [4.69, 9.17) is 0 Å².